The molecule has 0 saturated heterocycles. The molecule has 76 valence electrons. The van der Waals surface area contributed by atoms with Gasteiger partial charge in [-0.2, -0.15) is 5.10 Å². The van der Waals surface area contributed by atoms with Crippen molar-refractivity contribution in [3.63, 3.8) is 0 Å². The first-order valence-electron chi connectivity index (χ1n) is 4.58. The predicted octanol–water partition coefficient (Wildman–Crippen LogP) is 1.79. The molecule has 0 aliphatic heterocycles. The molecular weight excluding hydrogens is 176 g/mol. The van der Waals surface area contributed by atoms with Crippen LogP contribution in [0.5, 0.6) is 5.75 Å². The smallest absolute Gasteiger partial charge is 0.115 e. The number of hydrogen-bond donors (Lipinski definition) is 1. The highest BCUT2D eigenvalue weighted by molar-refractivity contribution is 5.62. The van der Waals surface area contributed by atoms with Crippen LogP contribution in [0.2, 0.25) is 0 Å². The molecule has 1 rings (SSSR count). The van der Waals surface area contributed by atoms with Gasteiger partial charge in [-0.3, -0.25) is 0 Å². The van der Waals surface area contributed by atoms with E-state index in [-0.39, 0.29) is 0 Å². The summed E-state index contributed by atoms with van der Waals surface area (Å²) in [4.78, 5) is 0. The van der Waals surface area contributed by atoms with Crippen LogP contribution in [0.1, 0.15) is 11.1 Å². The second-order valence-corrected chi connectivity index (χ2v) is 3.46. The zero-order chi connectivity index (χ0) is 10.6. The largest absolute Gasteiger partial charge is 0.508 e. The summed E-state index contributed by atoms with van der Waals surface area (Å²) in [7, 11) is 3.78. The summed E-state index contributed by atoms with van der Waals surface area (Å²) in [6.45, 7) is 1.98. The van der Waals surface area contributed by atoms with E-state index in [9.17, 15) is 5.11 Å². The zero-order valence-electron chi connectivity index (χ0n) is 8.86. The maximum Gasteiger partial charge on any atom is 0.115 e. The number of rotatable bonds is 3. The van der Waals surface area contributed by atoms with E-state index in [1.54, 1.807) is 17.1 Å². The standard InChI is InChI=1S/C11H16N2O/c1-9-8-11(14)5-4-10(9)6-7-12-13(2)3/h4-5,7-8,14H,6H2,1-3H3/b12-7+. The van der Waals surface area contributed by atoms with Gasteiger partial charge in [-0.25, -0.2) is 0 Å². The van der Waals surface area contributed by atoms with Crippen LogP contribution in [-0.4, -0.2) is 30.4 Å². The van der Waals surface area contributed by atoms with Crippen molar-refractivity contribution in [1.82, 2.24) is 5.01 Å². The van der Waals surface area contributed by atoms with Crippen LogP contribution in [0.25, 0.3) is 0 Å². The molecule has 0 bridgehead atoms. The number of aryl methyl sites for hydroxylation is 1. The van der Waals surface area contributed by atoms with Crippen molar-refractivity contribution < 1.29 is 5.11 Å². The molecule has 0 saturated carbocycles. The first-order valence-corrected chi connectivity index (χ1v) is 4.58. The molecule has 0 amide bonds. The van der Waals surface area contributed by atoms with Gasteiger partial charge in [0.25, 0.3) is 0 Å². The SMILES string of the molecule is Cc1cc(O)ccc1C/C=N/N(C)C. The lowest BCUT2D eigenvalue weighted by atomic mass is 10.1. The van der Waals surface area contributed by atoms with E-state index in [0.29, 0.717) is 5.75 Å². The molecule has 1 aromatic carbocycles. The van der Waals surface area contributed by atoms with Crippen molar-refractivity contribution in [2.75, 3.05) is 14.1 Å². The third-order valence-electron chi connectivity index (χ3n) is 1.95. The summed E-state index contributed by atoms with van der Waals surface area (Å²) >= 11 is 0. The molecule has 0 aliphatic rings. The minimum atomic E-state index is 0.316. The fraction of sp³-hybridized carbons (Fsp3) is 0.364. The van der Waals surface area contributed by atoms with E-state index < -0.39 is 0 Å². The van der Waals surface area contributed by atoms with Gasteiger partial charge in [0.05, 0.1) is 0 Å². The average molecular weight is 192 g/mol. The van der Waals surface area contributed by atoms with Gasteiger partial charge < -0.3 is 10.1 Å². The van der Waals surface area contributed by atoms with Crippen molar-refractivity contribution in [3.8, 4) is 5.75 Å². The molecule has 3 heteroatoms. The highest BCUT2D eigenvalue weighted by Crippen LogP contribution is 2.15. The van der Waals surface area contributed by atoms with E-state index in [1.807, 2.05) is 33.3 Å². The number of benzene rings is 1. The molecule has 0 fully saturated rings. The highest BCUT2D eigenvalue weighted by Gasteiger charge is 1.97. The highest BCUT2D eigenvalue weighted by atomic mass is 16.3. The molecule has 14 heavy (non-hydrogen) atoms. The molecule has 0 heterocycles. The van der Waals surface area contributed by atoms with Gasteiger partial charge in [-0.05, 0) is 30.2 Å². The third kappa shape index (κ3) is 3.09. The molecule has 0 spiro atoms. The van der Waals surface area contributed by atoms with Crippen molar-refractivity contribution in [1.29, 1.82) is 0 Å². The Morgan fingerprint density at radius 3 is 2.71 bits per heavy atom. The average Bonchev–Trinajstić information content (AvgIpc) is 2.08. The van der Waals surface area contributed by atoms with Crippen LogP contribution < -0.4 is 0 Å². The van der Waals surface area contributed by atoms with Gasteiger partial charge in [-0.15, -0.1) is 0 Å². The van der Waals surface area contributed by atoms with E-state index in [2.05, 4.69) is 5.10 Å². The number of nitrogens with zero attached hydrogens (tertiary/aromatic N) is 2. The van der Waals surface area contributed by atoms with Crippen molar-refractivity contribution in [2.45, 2.75) is 13.3 Å². The van der Waals surface area contributed by atoms with E-state index in [4.69, 9.17) is 0 Å². The van der Waals surface area contributed by atoms with Gasteiger partial charge >= 0.3 is 0 Å². The van der Waals surface area contributed by atoms with Gasteiger partial charge in [0, 0.05) is 26.7 Å². The lowest BCUT2D eigenvalue weighted by molar-refractivity contribution is 0.439. The van der Waals surface area contributed by atoms with E-state index in [1.165, 1.54) is 5.56 Å². The Labute approximate surface area is 84.7 Å². The number of phenolic OH excluding ortho intramolecular Hbond substituents is 1. The fourth-order valence-corrected chi connectivity index (χ4v) is 1.21. The molecular formula is C11H16N2O. The fourth-order valence-electron chi connectivity index (χ4n) is 1.21. The number of hydrogen-bond acceptors (Lipinski definition) is 3. The number of phenols is 1. The summed E-state index contributed by atoms with van der Waals surface area (Å²) in [5, 5.41) is 15.1. The summed E-state index contributed by atoms with van der Waals surface area (Å²) in [5.74, 6) is 0.316. The Morgan fingerprint density at radius 1 is 1.43 bits per heavy atom. The number of hydrazone groups is 1. The van der Waals surface area contributed by atoms with Crippen LogP contribution >= 0.6 is 0 Å². The lowest BCUT2D eigenvalue weighted by Crippen LogP contribution is -2.02. The molecule has 3 nitrogen and oxygen atoms in total. The molecule has 0 aromatic heterocycles. The van der Waals surface area contributed by atoms with Crippen LogP contribution in [0.3, 0.4) is 0 Å². The molecule has 0 atom stereocenters. The monoisotopic (exact) mass is 192 g/mol. The Kier molecular flexibility index (Phi) is 3.51. The number of aromatic hydroxyl groups is 1. The maximum absolute atomic E-state index is 9.21. The second-order valence-electron chi connectivity index (χ2n) is 3.46. The van der Waals surface area contributed by atoms with Gasteiger partial charge in [0.2, 0.25) is 0 Å². The normalized spacial score (nSPS) is 10.8. The van der Waals surface area contributed by atoms with Crippen molar-refractivity contribution in [2.24, 2.45) is 5.10 Å². The van der Waals surface area contributed by atoms with E-state index in [0.717, 1.165) is 12.0 Å². The van der Waals surface area contributed by atoms with Crippen LogP contribution in [0.4, 0.5) is 0 Å². The van der Waals surface area contributed by atoms with Crippen molar-refractivity contribution >= 4 is 6.21 Å². The van der Waals surface area contributed by atoms with Gasteiger partial charge in [0.15, 0.2) is 0 Å². The minimum absolute atomic E-state index is 0.316. The first-order chi connectivity index (χ1) is 6.59. The molecule has 0 unspecified atom stereocenters. The van der Waals surface area contributed by atoms with Crippen LogP contribution in [-0.2, 0) is 6.42 Å². The summed E-state index contributed by atoms with van der Waals surface area (Å²) in [5.41, 5.74) is 2.28. The van der Waals surface area contributed by atoms with Crippen LogP contribution in [0.15, 0.2) is 23.3 Å². The Hall–Kier alpha value is -1.51. The first kappa shape index (κ1) is 10.6. The molecule has 1 aromatic rings. The Bertz CT molecular complexity index is 332. The van der Waals surface area contributed by atoms with E-state index >= 15 is 0 Å². The minimum Gasteiger partial charge on any atom is -0.508 e. The second kappa shape index (κ2) is 4.65. The molecule has 1 N–H and O–H groups in total. The molecule has 0 aliphatic carbocycles. The predicted molar refractivity (Wildman–Crippen MR) is 58.7 cm³/mol. The lowest BCUT2D eigenvalue weighted by Gasteiger charge is -2.04. The summed E-state index contributed by atoms with van der Waals surface area (Å²) in [6, 6.07) is 5.39. The Morgan fingerprint density at radius 2 is 2.14 bits per heavy atom. The maximum atomic E-state index is 9.21. The van der Waals surface area contributed by atoms with Crippen molar-refractivity contribution in [3.05, 3.63) is 29.3 Å². The third-order valence-corrected chi connectivity index (χ3v) is 1.95. The Balaban J connectivity index is 2.68. The topological polar surface area (TPSA) is 35.8 Å². The van der Waals surface area contributed by atoms with Gasteiger partial charge in [0.1, 0.15) is 5.75 Å². The van der Waals surface area contributed by atoms with Gasteiger partial charge in [-0.1, -0.05) is 6.07 Å². The van der Waals surface area contributed by atoms with Crippen LogP contribution in [0, 0.1) is 6.92 Å². The zero-order valence-corrected chi connectivity index (χ0v) is 8.86. The summed E-state index contributed by atoms with van der Waals surface area (Å²) < 4.78 is 0. The quantitative estimate of drug-likeness (QED) is 0.585. The molecule has 0 radical (unpaired) electrons. The summed E-state index contributed by atoms with van der Waals surface area (Å²) in [6.07, 6.45) is 2.66.